The Balaban J connectivity index is 1.10. The van der Waals surface area contributed by atoms with Crippen LogP contribution in [0.3, 0.4) is 0 Å². The third-order valence-electron chi connectivity index (χ3n) is 7.61. The normalized spacial score (nSPS) is 14.0. The summed E-state index contributed by atoms with van der Waals surface area (Å²) in [7, 11) is 0. The Morgan fingerprint density at radius 2 is 1.53 bits per heavy atom. The van der Waals surface area contributed by atoms with Crippen LogP contribution in [0.1, 0.15) is 47.3 Å². The molecule has 38 heavy (non-hydrogen) atoms. The molecule has 3 aromatic heterocycles. The molecule has 1 saturated heterocycles. The number of aryl methyl sites for hydroxylation is 4. The highest BCUT2D eigenvalue weighted by Crippen LogP contribution is 2.21. The Kier molecular flexibility index (Phi) is 7.31. The van der Waals surface area contributed by atoms with Gasteiger partial charge in [0.05, 0.1) is 11.9 Å². The van der Waals surface area contributed by atoms with Crippen molar-refractivity contribution < 1.29 is 0 Å². The van der Waals surface area contributed by atoms with E-state index in [2.05, 4.69) is 77.7 Å². The van der Waals surface area contributed by atoms with Crippen molar-refractivity contribution in [3.63, 3.8) is 0 Å². The zero-order valence-corrected chi connectivity index (χ0v) is 22.3. The first-order valence-corrected chi connectivity index (χ1v) is 13.9. The van der Waals surface area contributed by atoms with Gasteiger partial charge < -0.3 is 4.90 Å². The van der Waals surface area contributed by atoms with Crippen LogP contribution in [0.4, 0.5) is 0 Å². The number of aromatic nitrogens is 5. The molecule has 0 spiro atoms. The summed E-state index contributed by atoms with van der Waals surface area (Å²) in [6, 6.07) is 23.9. The number of nitrogens with zero attached hydrogens (tertiary/aromatic N) is 6. The standard InChI is InChI=1S/C32H36N6/c1-25-9-11-27(12-10-25)17-21-37-24-29(23-33-37)30-7-4-8-32-34-31(35-38(30)32)22-28-15-13-26(14-16-28)6-5-20-36-18-2-3-19-36/h4,7-16,23-24H,2-3,5-6,17-22H2,1H3. The highest BCUT2D eigenvalue weighted by atomic mass is 15.3. The molecule has 0 amide bonds. The molecule has 0 radical (unpaired) electrons. The average Bonchev–Trinajstić information content (AvgIpc) is 3.70. The predicted molar refractivity (Wildman–Crippen MR) is 152 cm³/mol. The Hall–Kier alpha value is -3.77. The summed E-state index contributed by atoms with van der Waals surface area (Å²) in [5.74, 6) is 0.839. The summed E-state index contributed by atoms with van der Waals surface area (Å²) in [6.07, 6.45) is 10.8. The van der Waals surface area contributed by atoms with Crippen LogP contribution in [0.25, 0.3) is 16.9 Å². The summed E-state index contributed by atoms with van der Waals surface area (Å²) in [5, 5.41) is 9.49. The molecule has 0 atom stereocenters. The lowest BCUT2D eigenvalue weighted by atomic mass is 10.1. The van der Waals surface area contributed by atoms with Gasteiger partial charge in [-0.1, -0.05) is 60.2 Å². The Morgan fingerprint density at radius 3 is 2.34 bits per heavy atom. The van der Waals surface area contributed by atoms with Gasteiger partial charge in [0, 0.05) is 24.7 Å². The van der Waals surface area contributed by atoms with E-state index < -0.39 is 0 Å². The van der Waals surface area contributed by atoms with Crippen LogP contribution in [0, 0.1) is 6.92 Å². The second kappa shape index (κ2) is 11.3. The molecule has 6 nitrogen and oxygen atoms in total. The van der Waals surface area contributed by atoms with E-state index in [1.54, 1.807) is 0 Å². The average molecular weight is 505 g/mol. The minimum Gasteiger partial charge on any atom is -0.303 e. The van der Waals surface area contributed by atoms with E-state index in [-0.39, 0.29) is 0 Å². The van der Waals surface area contributed by atoms with Crippen molar-refractivity contribution in [1.29, 1.82) is 0 Å². The zero-order valence-electron chi connectivity index (χ0n) is 22.3. The number of likely N-dealkylation sites (tertiary alicyclic amines) is 1. The fourth-order valence-corrected chi connectivity index (χ4v) is 5.38. The number of benzene rings is 2. The van der Waals surface area contributed by atoms with E-state index in [1.807, 2.05) is 27.5 Å². The van der Waals surface area contributed by atoms with E-state index in [4.69, 9.17) is 10.1 Å². The molecule has 0 bridgehead atoms. The quantitative estimate of drug-likeness (QED) is 0.243. The van der Waals surface area contributed by atoms with Gasteiger partial charge in [-0.25, -0.2) is 9.50 Å². The lowest BCUT2D eigenvalue weighted by Crippen LogP contribution is -2.20. The first-order valence-electron chi connectivity index (χ1n) is 13.9. The number of fused-ring (bicyclic) bond motifs is 1. The largest absolute Gasteiger partial charge is 0.303 e. The summed E-state index contributed by atoms with van der Waals surface area (Å²) in [4.78, 5) is 7.41. The Labute approximate surface area is 225 Å². The van der Waals surface area contributed by atoms with Crippen LogP contribution in [0.15, 0.2) is 79.1 Å². The monoisotopic (exact) mass is 504 g/mol. The smallest absolute Gasteiger partial charge is 0.156 e. The summed E-state index contributed by atoms with van der Waals surface area (Å²) in [6.45, 7) is 6.75. The Bertz CT molecular complexity index is 1470. The van der Waals surface area contributed by atoms with E-state index >= 15 is 0 Å². The number of pyridine rings is 1. The van der Waals surface area contributed by atoms with Crippen molar-refractivity contribution in [2.75, 3.05) is 19.6 Å². The molecule has 0 saturated carbocycles. The molecule has 6 rings (SSSR count). The van der Waals surface area contributed by atoms with Crippen LogP contribution >= 0.6 is 0 Å². The van der Waals surface area contributed by atoms with Crippen LogP contribution in [0.5, 0.6) is 0 Å². The van der Waals surface area contributed by atoms with Gasteiger partial charge in [0.1, 0.15) is 0 Å². The van der Waals surface area contributed by atoms with Crippen molar-refractivity contribution in [2.45, 2.75) is 52.0 Å². The molecule has 4 heterocycles. The first kappa shape index (κ1) is 24.6. The van der Waals surface area contributed by atoms with Crippen LogP contribution in [-0.2, 0) is 25.8 Å². The summed E-state index contributed by atoms with van der Waals surface area (Å²) >= 11 is 0. The van der Waals surface area contributed by atoms with E-state index in [1.165, 1.54) is 61.2 Å². The van der Waals surface area contributed by atoms with Gasteiger partial charge in [-0.3, -0.25) is 4.68 Å². The van der Waals surface area contributed by atoms with Gasteiger partial charge >= 0.3 is 0 Å². The van der Waals surface area contributed by atoms with Gasteiger partial charge in [-0.2, -0.15) is 10.2 Å². The highest BCUT2D eigenvalue weighted by Gasteiger charge is 2.12. The molecule has 2 aromatic carbocycles. The third kappa shape index (κ3) is 5.86. The summed E-state index contributed by atoms with van der Waals surface area (Å²) < 4.78 is 3.96. The van der Waals surface area contributed by atoms with Gasteiger partial charge in [-0.15, -0.1) is 0 Å². The SMILES string of the molecule is Cc1ccc(CCn2cc(-c3cccc4nc(Cc5ccc(CCCN6CCCC6)cc5)nn34)cn2)cc1. The van der Waals surface area contributed by atoms with Crippen molar-refractivity contribution in [3.05, 3.63) is 107 Å². The number of hydrogen-bond acceptors (Lipinski definition) is 4. The van der Waals surface area contributed by atoms with Crippen molar-refractivity contribution in [1.82, 2.24) is 29.3 Å². The minimum atomic E-state index is 0.727. The fraction of sp³-hybridized carbons (Fsp3) is 0.344. The fourth-order valence-electron chi connectivity index (χ4n) is 5.38. The second-order valence-corrected chi connectivity index (χ2v) is 10.6. The van der Waals surface area contributed by atoms with Gasteiger partial charge in [-0.05, 0) is 87.5 Å². The van der Waals surface area contributed by atoms with Crippen LogP contribution < -0.4 is 0 Å². The van der Waals surface area contributed by atoms with Crippen molar-refractivity contribution >= 4 is 5.65 Å². The van der Waals surface area contributed by atoms with Gasteiger partial charge in [0.2, 0.25) is 0 Å². The number of hydrogen-bond donors (Lipinski definition) is 0. The molecule has 6 heteroatoms. The molecule has 194 valence electrons. The topological polar surface area (TPSA) is 51.2 Å². The maximum Gasteiger partial charge on any atom is 0.156 e. The highest BCUT2D eigenvalue weighted by molar-refractivity contribution is 5.61. The van der Waals surface area contributed by atoms with Gasteiger partial charge in [0.25, 0.3) is 0 Å². The lowest BCUT2D eigenvalue weighted by Gasteiger charge is -2.13. The summed E-state index contributed by atoms with van der Waals surface area (Å²) in [5.41, 5.74) is 8.20. The first-order chi connectivity index (χ1) is 18.7. The number of rotatable bonds is 10. The minimum absolute atomic E-state index is 0.727. The maximum atomic E-state index is 4.87. The van der Waals surface area contributed by atoms with Crippen molar-refractivity contribution in [2.24, 2.45) is 0 Å². The van der Waals surface area contributed by atoms with Crippen LogP contribution in [-0.4, -0.2) is 48.9 Å². The zero-order chi connectivity index (χ0) is 25.7. The molecule has 0 unspecified atom stereocenters. The lowest BCUT2D eigenvalue weighted by molar-refractivity contribution is 0.334. The van der Waals surface area contributed by atoms with E-state index in [0.717, 1.165) is 48.5 Å². The molecular weight excluding hydrogens is 468 g/mol. The molecule has 1 aliphatic heterocycles. The predicted octanol–water partition coefficient (Wildman–Crippen LogP) is 5.76. The van der Waals surface area contributed by atoms with Crippen molar-refractivity contribution in [3.8, 4) is 11.3 Å². The molecule has 5 aromatic rings. The third-order valence-corrected chi connectivity index (χ3v) is 7.61. The Morgan fingerprint density at radius 1 is 0.789 bits per heavy atom. The maximum absolute atomic E-state index is 4.87. The van der Waals surface area contributed by atoms with E-state index in [9.17, 15) is 0 Å². The molecule has 1 aliphatic rings. The van der Waals surface area contributed by atoms with Gasteiger partial charge in [0.15, 0.2) is 11.5 Å². The molecule has 0 aliphatic carbocycles. The second-order valence-electron chi connectivity index (χ2n) is 10.6. The molecular formula is C32H36N6. The molecule has 0 N–H and O–H groups in total. The van der Waals surface area contributed by atoms with E-state index in [0.29, 0.717) is 0 Å². The molecule has 1 fully saturated rings. The van der Waals surface area contributed by atoms with Crippen LogP contribution in [0.2, 0.25) is 0 Å².